The number of carbonyl (C=O) groups excluding carboxylic acids is 1. The third-order valence-electron chi connectivity index (χ3n) is 0.896. The molecule has 0 atom stereocenters. The van der Waals surface area contributed by atoms with E-state index in [1.165, 1.54) is 0 Å². The van der Waals surface area contributed by atoms with Crippen LogP contribution < -0.4 is 0 Å². The molecule has 0 saturated carbocycles. The van der Waals surface area contributed by atoms with Gasteiger partial charge in [-0.1, -0.05) is 0 Å². The third-order valence-corrected chi connectivity index (χ3v) is 0.896. The van der Waals surface area contributed by atoms with Crippen molar-refractivity contribution in [1.82, 2.24) is 0 Å². The Balaban J connectivity index is 4.44. The Morgan fingerprint density at radius 2 is 1.55 bits per heavy atom. The normalized spacial score (nSPS) is 10.8. The van der Waals surface area contributed by atoms with E-state index in [-0.39, 0.29) is 5.57 Å². The van der Waals surface area contributed by atoms with Crippen molar-refractivity contribution in [2.75, 3.05) is 0 Å². The van der Waals surface area contributed by atoms with E-state index in [0.29, 0.717) is 6.08 Å². The Morgan fingerprint density at radius 3 is 1.82 bits per heavy atom. The Bertz CT molecular complexity index is 237. The van der Waals surface area contributed by atoms with E-state index >= 15 is 0 Å². The van der Waals surface area contributed by atoms with Crippen molar-refractivity contribution in [3.8, 4) is 0 Å². The van der Waals surface area contributed by atoms with E-state index in [2.05, 4.69) is 0 Å². The average molecular weight is 158 g/mol. The van der Waals surface area contributed by atoms with Crippen LogP contribution >= 0.6 is 0 Å². The lowest BCUT2D eigenvalue weighted by atomic mass is 10.2. The van der Waals surface area contributed by atoms with Gasteiger partial charge in [-0.25, -0.2) is 9.59 Å². The van der Waals surface area contributed by atoms with Crippen molar-refractivity contribution in [3.05, 3.63) is 11.6 Å². The minimum Gasteiger partial charge on any atom is -0.478 e. The lowest BCUT2D eigenvalue weighted by Gasteiger charge is -1.88. The SMILES string of the molecule is C/C(=C\C(=O)C(=O)O)C(=O)O. The van der Waals surface area contributed by atoms with E-state index in [0.717, 1.165) is 6.92 Å². The zero-order valence-corrected chi connectivity index (χ0v) is 5.70. The molecule has 5 heteroatoms. The monoisotopic (exact) mass is 158 g/mol. The summed E-state index contributed by atoms with van der Waals surface area (Å²) in [6.07, 6.45) is 0.560. The fourth-order valence-electron chi connectivity index (χ4n) is 0.320. The molecule has 5 nitrogen and oxygen atoms in total. The minimum atomic E-state index is -1.66. The van der Waals surface area contributed by atoms with Gasteiger partial charge in [-0.2, -0.15) is 0 Å². The van der Waals surface area contributed by atoms with E-state index in [9.17, 15) is 14.4 Å². The van der Waals surface area contributed by atoms with Crippen LogP contribution in [-0.2, 0) is 14.4 Å². The number of ketones is 1. The number of rotatable bonds is 3. The van der Waals surface area contributed by atoms with Crippen molar-refractivity contribution in [2.24, 2.45) is 0 Å². The molecule has 0 aromatic carbocycles. The number of carbonyl (C=O) groups is 3. The maximum Gasteiger partial charge on any atom is 0.376 e. The zero-order valence-electron chi connectivity index (χ0n) is 5.70. The second-order valence-electron chi connectivity index (χ2n) is 1.80. The van der Waals surface area contributed by atoms with Crippen LogP contribution in [0.2, 0.25) is 0 Å². The highest BCUT2D eigenvalue weighted by Crippen LogP contribution is 1.91. The molecule has 0 unspecified atom stereocenters. The van der Waals surface area contributed by atoms with Crippen molar-refractivity contribution in [3.63, 3.8) is 0 Å². The topological polar surface area (TPSA) is 91.7 Å². The third kappa shape index (κ3) is 3.14. The molecule has 0 spiro atoms. The number of hydrogen-bond acceptors (Lipinski definition) is 3. The first-order valence-corrected chi connectivity index (χ1v) is 2.64. The molecule has 0 aliphatic carbocycles. The number of carboxylic acids is 2. The van der Waals surface area contributed by atoms with Crippen LogP contribution in [0.1, 0.15) is 6.92 Å². The Morgan fingerprint density at radius 1 is 1.09 bits per heavy atom. The summed E-state index contributed by atoms with van der Waals surface area (Å²) in [7, 11) is 0. The smallest absolute Gasteiger partial charge is 0.376 e. The summed E-state index contributed by atoms with van der Waals surface area (Å²) in [6, 6.07) is 0. The molecule has 0 aliphatic heterocycles. The minimum absolute atomic E-state index is 0.294. The lowest BCUT2D eigenvalue weighted by molar-refractivity contribution is -0.146. The highest BCUT2D eigenvalue weighted by molar-refractivity contribution is 6.38. The first kappa shape index (κ1) is 9.35. The van der Waals surface area contributed by atoms with Gasteiger partial charge in [0.2, 0.25) is 0 Å². The molecular formula is C6H6O5. The highest BCUT2D eigenvalue weighted by atomic mass is 16.4. The van der Waals surface area contributed by atoms with Gasteiger partial charge in [-0.05, 0) is 6.92 Å². The average Bonchev–Trinajstić information content (AvgIpc) is 1.87. The molecule has 0 aliphatic rings. The highest BCUT2D eigenvalue weighted by Gasteiger charge is 2.10. The molecule has 0 heterocycles. The van der Waals surface area contributed by atoms with Gasteiger partial charge in [0.15, 0.2) is 0 Å². The Hall–Kier alpha value is -1.65. The van der Waals surface area contributed by atoms with Crippen LogP contribution in [0.3, 0.4) is 0 Å². The van der Waals surface area contributed by atoms with Gasteiger partial charge in [0.05, 0.1) is 0 Å². The second kappa shape index (κ2) is 3.50. The van der Waals surface area contributed by atoms with Crippen LogP contribution in [0, 0.1) is 0 Å². The molecule has 0 amide bonds. The molecule has 0 rings (SSSR count). The van der Waals surface area contributed by atoms with E-state index < -0.39 is 17.7 Å². The van der Waals surface area contributed by atoms with Crippen LogP contribution in [0.15, 0.2) is 11.6 Å². The molecular weight excluding hydrogens is 152 g/mol. The van der Waals surface area contributed by atoms with Crippen LogP contribution in [0.5, 0.6) is 0 Å². The molecule has 0 bridgehead atoms. The van der Waals surface area contributed by atoms with Gasteiger partial charge >= 0.3 is 11.9 Å². The van der Waals surface area contributed by atoms with Crippen molar-refractivity contribution < 1.29 is 24.6 Å². The lowest BCUT2D eigenvalue weighted by Crippen LogP contribution is -2.11. The summed E-state index contributed by atoms with van der Waals surface area (Å²) >= 11 is 0. The van der Waals surface area contributed by atoms with Gasteiger partial charge in [-0.3, -0.25) is 4.79 Å². The van der Waals surface area contributed by atoms with Crippen molar-refractivity contribution in [1.29, 1.82) is 0 Å². The van der Waals surface area contributed by atoms with Gasteiger partial charge in [-0.15, -0.1) is 0 Å². The van der Waals surface area contributed by atoms with E-state index in [4.69, 9.17) is 10.2 Å². The predicted molar refractivity (Wildman–Crippen MR) is 34.0 cm³/mol. The summed E-state index contributed by atoms with van der Waals surface area (Å²) in [5, 5.41) is 16.2. The molecule has 60 valence electrons. The van der Waals surface area contributed by atoms with Crippen LogP contribution in [0.25, 0.3) is 0 Å². The number of carboxylic acid groups (broad SMARTS) is 2. The fraction of sp³-hybridized carbons (Fsp3) is 0.167. The number of hydrogen-bond donors (Lipinski definition) is 2. The molecule has 0 fully saturated rings. The summed E-state index contributed by atoms with van der Waals surface area (Å²) in [6.45, 7) is 1.14. The molecule has 11 heavy (non-hydrogen) atoms. The maximum absolute atomic E-state index is 10.3. The van der Waals surface area contributed by atoms with Crippen LogP contribution in [-0.4, -0.2) is 27.9 Å². The number of aliphatic carboxylic acids is 2. The molecule has 2 N–H and O–H groups in total. The Kier molecular flexibility index (Phi) is 2.98. The predicted octanol–water partition coefficient (Wildman–Crippen LogP) is -0.329. The van der Waals surface area contributed by atoms with Gasteiger partial charge in [0.25, 0.3) is 5.78 Å². The maximum atomic E-state index is 10.3. The van der Waals surface area contributed by atoms with Gasteiger partial charge in [0.1, 0.15) is 0 Å². The quantitative estimate of drug-likeness (QED) is 0.433. The second-order valence-corrected chi connectivity index (χ2v) is 1.80. The zero-order chi connectivity index (χ0) is 9.02. The molecule has 0 radical (unpaired) electrons. The summed E-state index contributed by atoms with van der Waals surface area (Å²) < 4.78 is 0. The summed E-state index contributed by atoms with van der Waals surface area (Å²) in [5.74, 6) is -4.20. The van der Waals surface area contributed by atoms with Crippen molar-refractivity contribution in [2.45, 2.75) is 6.92 Å². The van der Waals surface area contributed by atoms with Gasteiger partial charge < -0.3 is 10.2 Å². The van der Waals surface area contributed by atoms with Crippen molar-refractivity contribution >= 4 is 17.7 Å². The fourth-order valence-corrected chi connectivity index (χ4v) is 0.320. The van der Waals surface area contributed by atoms with E-state index in [1.807, 2.05) is 0 Å². The first-order chi connectivity index (χ1) is 4.95. The van der Waals surface area contributed by atoms with Crippen LogP contribution in [0.4, 0.5) is 0 Å². The molecule has 0 saturated heterocycles. The van der Waals surface area contributed by atoms with E-state index in [1.54, 1.807) is 0 Å². The Labute approximate surface area is 61.9 Å². The van der Waals surface area contributed by atoms with Gasteiger partial charge in [0, 0.05) is 11.6 Å². The molecule has 0 aromatic heterocycles. The largest absolute Gasteiger partial charge is 0.478 e. The summed E-state index contributed by atoms with van der Waals surface area (Å²) in [4.78, 5) is 30.2. The molecule has 0 aromatic rings. The first-order valence-electron chi connectivity index (χ1n) is 2.64. The summed E-state index contributed by atoms with van der Waals surface area (Å²) in [5.41, 5.74) is -0.294. The standard InChI is InChI=1S/C6H6O5/c1-3(5(8)9)2-4(7)6(10)11/h2H,1H3,(H,8,9)(H,10,11)/b3-2+.